The van der Waals surface area contributed by atoms with E-state index < -0.39 is 25.2 Å². The summed E-state index contributed by atoms with van der Waals surface area (Å²) in [6, 6.07) is 0. The van der Waals surface area contributed by atoms with Gasteiger partial charge in [-0.1, -0.05) is 33.9 Å². The van der Waals surface area contributed by atoms with E-state index in [-0.39, 0.29) is 16.7 Å². The van der Waals surface area contributed by atoms with Crippen molar-refractivity contribution in [3.63, 3.8) is 0 Å². The van der Waals surface area contributed by atoms with Crippen LogP contribution >= 0.6 is 0 Å². The summed E-state index contributed by atoms with van der Waals surface area (Å²) in [6.07, 6.45) is 0.939. The number of rotatable bonds is 2. The van der Waals surface area contributed by atoms with Crippen LogP contribution < -0.4 is 11.2 Å². The highest BCUT2D eigenvalue weighted by Crippen LogP contribution is 2.51. The number of ether oxygens (including phenoxy) is 1. The number of nitrogens with zero attached hydrogens (tertiary/aromatic N) is 1. The van der Waals surface area contributed by atoms with Gasteiger partial charge in [0.2, 0.25) is 0 Å². The first kappa shape index (κ1) is 18.2. The van der Waals surface area contributed by atoms with Gasteiger partial charge < -0.3 is 9.84 Å². The summed E-state index contributed by atoms with van der Waals surface area (Å²) in [5.41, 5.74) is -0.407. The van der Waals surface area contributed by atoms with E-state index in [0.29, 0.717) is 12.0 Å². The Hall–Kier alpha value is -1.18. The summed E-state index contributed by atoms with van der Waals surface area (Å²) in [5.74, 6) is 0. The maximum absolute atomic E-state index is 12.5. The minimum Gasteiger partial charge on any atom is -0.390 e. The molecule has 0 spiro atoms. The van der Waals surface area contributed by atoms with Crippen molar-refractivity contribution < 1.29 is 9.84 Å². The summed E-state index contributed by atoms with van der Waals surface area (Å²) >= 11 is 0. The van der Waals surface area contributed by atoms with Gasteiger partial charge in [-0.05, 0) is 18.9 Å². The molecule has 0 aromatic carbocycles. The normalized spacial score (nSPS) is 29.0. The third-order valence-corrected chi connectivity index (χ3v) is 12.0. The number of aliphatic hydroxyl groups is 1. The molecule has 1 aliphatic rings. The highest BCUT2D eigenvalue weighted by Gasteiger charge is 2.61. The average molecular weight is 340 g/mol. The Morgan fingerprint density at radius 2 is 1.96 bits per heavy atom. The van der Waals surface area contributed by atoms with Crippen LogP contribution in [0.1, 0.15) is 39.7 Å². The van der Waals surface area contributed by atoms with Crippen molar-refractivity contribution in [2.24, 2.45) is 0 Å². The van der Waals surface area contributed by atoms with Crippen molar-refractivity contribution in [3.05, 3.63) is 32.6 Å². The zero-order valence-electron chi connectivity index (χ0n) is 15.1. The van der Waals surface area contributed by atoms with Crippen LogP contribution in [0.25, 0.3) is 0 Å². The maximum atomic E-state index is 12.5. The molecule has 0 radical (unpaired) electrons. The molecule has 1 aromatic rings. The van der Waals surface area contributed by atoms with E-state index in [1.165, 1.54) is 4.57 Å². The number of aromatic nitrogens is 2. The molecule has 0 unspecified atom stereocenters. The topological polar surface area (TPSA) is 84.3 Å². The summed E-state index contributed by atoms with van der Waals surface area (Å²) in [4.78, 5) is 26.7. The molecule has 1 aromatic heterocycles. The van der Waals surface area contributed by atoms with Crippen LogP contribution in [0.5, 0.6) is 0 Å². The van der Waals surface area contributed by atoms with Gasteiger partial charge >= 0.3 is 5.69 Å². The number of aromatic amines is 1. The van der Waals surface area contributed by atoms with Crippen LogP contribution in [-0.4, -0.2) is 34.9 Å². The minimum atomic E-state index is -2.26. The minimum absolute atomic E-state index is 0.0692. The molecule has 3 atom stereocenters. The molecule has 0 amide bonds. The van der Waals surface area contributed by atoms with Gasteiger partial charge in [-0.3, -0.25) is 14.3 Å². The lowest BCUT2D eigenvalue weighted by Gasteiger charge is -2.50. The molecular weight excluding hydrogens is 312 g/mol. The van der Waals surface area contributed by atoms with E-state index in [1.54, 1.807) is 13.1 Å². The van der Waals surface area contributed by atoms with Gasteiger partial charge in [0.25, 0.3) is 5.56 Å². The smallest absolute Gasteiger partial charge is 0.330 e. The second kappa shape index (κ2) is 5.43. The number of hydrogen-bond acceptors (Lipinski definition) is 4. The maximum Gasteiger partial charge on any atom is 0.330 e. The van der Waals surface area contributed by atoms with Crippen LogP contribution in [-0.2, 0) is 10.1 Å². The lowest BCUT2D eigenvalue weighted by Crippen LogP contribution is -2.63. The average Bonchev–Trinajstić information content (AvgIpc) is 2.70. The van der Waals surface area contributed by atoms with E-state index in [9.17, 15) is 14.7 Å². The van der Waals surface area contributed by atoms with Crippen molar-refractivity contribution in [1.29, 1.82) is 0 Å². The molecular formula is C16H28N2O4Si. The Labute approximate surface area is 137 Å². The number of hydrogen-bond donors (Lipinski definition) is 2. The van der Waals surface area contributed by atoms with Crippen molar-refractivity contribution in [2.45, 2.75) is 76.7 Å². The summed E-state index contributed by atoms with van der Waals surface area (Å²) in [6.45, 7) is 14.3. The van der Waals surface area contributed by atoms with Crippen LogP contribution in [0.15, 0.2) is 15.8 Å². The summed E-state index contributed by atoms with van der Waals surface area (Å²) < 4.78 is 7.79. The van der Waals surface area contributed by atoms with Gasteiger partial charge in [0.1, 0.15) is 13.4 Å². The predicted octanol–water partition coefficient (Wildman–Crippen LogP) is 1.72. The molecule has 1 fully saturated rings. The second-order valence-electron chi connectivity index (χ2n) is 8.20. The number of aliphatic hydroxyl groups excluding tert-OH is 1. The Morgan fingerprint density at radius 3 is 2.39 bits per heavy atom. The number of H-pyrrole nitrogens is 1. The van der Waals surface area contributed by atoms with E-state index in [0.717, 1.165) is 0 Å². The van der Waals surface area contributed by atoms with Gasteiger partial charge in [0.15, 0.2) is 0 Å². The van der Waals surface area contributed by atoms with Crippen molar-refractivity contribution >= 4 is 8.07 Å². The van der Waals surface area contributed by atoms with Gasteiger partial charge in [-0.2, -0.15) is 0 Å². The third kappa shape index (κ3) is 2.64. The summed E-state index contributed by atoms with van der Waals surface area (Å²) in [7, 11) is -2.26. The Bertz CT molecular complexity index is 704. The fraction of sp³-hybridized carbons (Fsp3) is 0.750. The molecule has 130 valence electrons. The fourth-order valence-corrected chi connectivity index (χ4v) is 6.30. The molecule has 2 rings (SSSR count). The largest absolute Gasteiger partial charge is 0.390 e. The molecule has 0 saturated carbocycles. The molecule has 1 aliphatic heterocycles. The zero-order chi connectivity index (χ0) is 17.8. The molecule has 2 N–H and O–H groups in total. The summed E-state index contributed by atoms with van der Waals surface area (Å²) in [5, 5.41) is 9.39. The van der Waals surface area contributed by atoms with E-state index in [2.05, 4.69) is 38.8 Å². The standard InChI is InChI=1S/C16H28N2O4Si/c1-10-9-18(14(21)17-13(10)20)16(8-12(19)11(2)22-16)23(6,7)15(3,4)5/h9,11-12,19H,8H2,1-7H3,(H,17,20,21)/t11-,12+,16+/m1/s1. The van der Waals surface area contributed by atoms with Crippen LogP contribution in [0, 0.1) is 6.92 Å². The monoisotopic (exact) mass is 340 g/mol. The van der Waals surface area contributed by atoms with Gasteiger partial charge in [0.05, 0.1) is 12.2 Å². The van der Waals surface area contributed by atoms with Gasteiger partial charge in [-0.15, -0.1) is 0 Å². The van der Waals surface area contributed by atoms with Gasteiger partial charge in [-0.25, -0.2) is 4.79 Å². The SMILES string of the molecule is Cc1cn([C@@]2([Si](C)(C)C(C)(C)C)C[C@H](O)[C@@H](C)O2)c(=O)[nH]c1=O. The van der Waals surface area contributed by atoms with Gasteiger partial charge in [0, 0.05) is 18.2 Å². The first-order chi connectivity index (χ1) is 10.3. The molecule has 0 bridgehead atoms. The molecule has 2 heterocycles. The van der Waals surface area contributed by atoms with Crippen molar-refractivity contribution in [3.8, 4) is 0 Å². The van der Waals surface area contributed by atoms with E-state index in [1.807, 2.05) is 6.92 Å². The molecule has 1 saturated heterocycles. The Morgan fingerprint density at radius 1 is 1.39 bits per heavy atom. The van der Waals surface area contributed by atoms with Crippen molar-refractivity contribution in [1.82, 2.24) is 9.55 Å². The Kier molecular flexibility index (Phi) is 4.28. The van der Waals surface area contributed by atoms with Crippen molar-refractivity contribution in [2.75, 3.05) is 0 Å². The molecule has 6 nitrogen and oxygen atoms in total. The third-order valence-electron chi connectivity index (χ3n) is 5.77. The number of nitrogens with one attached hydrogen (secondary N) is 1. The first-order valence-corrected chi connectivity index (χ1v) is 11.0. The predicted molar refractivity (Wildman–Crippen MR) is 92.4 cm³/mol. The van der Waals surface area contributed by atoms with E-state index >= 15 is 0 Å². The highest BCUT2D eigenvalue weighted by molar-refractivity contribution is 6.81. The molecule has 0 aliphatic carbocycles. The quantitative estimate of drug-likeness (QED) is 0.803. The Balaban J connectivity index is 2.79. The first-order valence-electron chi connectivity index (χ1n) is 8.02. The second-order valence-corrected chi connectivity index (χ2v) is 13.7. The molecule has 7 heteroatoms. The van der Waals surface area contributed by atoms with Crippen LogP contribution in [0.4, 0.5) is 0 Å². The lowest BCUT2D eigenvalue weighted by atomic mass is 10.2. The zero-order valence-corrected chi connectivity index (χ0v) is 16.1. The lowest BCUT2D eigenvalue weighted by molar-refractivity contribution is -0.0508. The van der Waals surface area contributed by atoms with Crippen LogP contribution in [0.2, 0.25) is 18.1 Å². The molecule has 23 heavy (non-hydrogen) atoms. The van der Waals surface area contributed by atoms with E-state index in [4.69, 9.17) is 4.74 Å². The fourth-order valence-electron chi connectivity index (χ4n) is 3.16. The van der Waals surface area contributed by atoms with Crippen LogP contribution in [0.3, 0.4) is 0 Å². The highest BCUT2D eigenvalue weighted by atomic mass is 28.3. The number of aryl methyl sites for hydroxylation is 1.